The Morgan fingerprint density at radius 1 is 1.33 bits per heavy atom. The van der Waals surface area contributed by atoms with Crippen LogP contribution in [0.3, 0.4) is 0 Å². The zero-order valence-corrected chi connectivity index (χ0v) is 10.1. The fraction of sp³-hybridized carbons (Fsp3) is 0.636. The number of rotatable bonds is 1. The summed E-state index contributed by atoms with van der Waals surface area (Å²) in [5.41, 5.74) is 1.22. The minimum atomic E-state index is 0.341. The van der Waals surface area contributed by atoms with Crippen LogP contribution in [0.4, 0.5) is 0 Å². The lowest BCUT2D eigenvalue weighted by atomic mass is 9.84. The van der Waals surface area contributed by atoms with Crippen molar-refractivity contribution in [1.29, 1.82) is 0 Å². The molecule has 0 spiro atoms. The molecule has 0 unspecified atom stereocenters. The monoisotopic (exact) mass is 268 g/mol. The molecule has 0 radical (unpaired) electrons. The van der Waals surface area contributed by atoms with E-state index in [0.29, 0.717) is 24.7 Å². The van der Waals surface area contributed by atoms with Crippen molar-refractivity contribution in [1.82, 2.24) is 9.55 Å². The highest BCUT2D eigenvalue weighted by Gasteiger charge is 2.29. The zero-order chi connectivity index (χ0) is 10.4. The molecule has 0 atom stereocenters. The lowest BCUT2D eigenvalue weighted by molar-refractivity contribution is -0.120. The van der Waals surface area contributed by atoms with Gasteiger partial charge < -0.3 is 4.57 Å². The highest BCUT2D eigenvalue weighted by molar-refractivity contribution is 9.10. The van der Waals surface area contributed by atoms with Crippen molar-refractivity contribution in [3.63, 3.8) is 0 Å². The number of hydrogen-bond donors (Lipinski definition) is 0. The summed E-state index contributed by atoms with van der Waals surface area (Å²) in [5, 5.41) is 0. The summed E-state index contributed by atoms with van der Waals surface area (Å²) in [6, 6.07) is 0. The van der Waals surface area contributed by atoms with Crippen LogP contribution in [0, 0.1) is 0 Å². The van der Waals surface area contributed by atoms with Gasteiger partial charge >= 0.3 is 0 Å². The number of hydrogen-bond acceptors (Lipinski definition) is 2. The lowest BCUT2D eigenvalue weighted by Gasteiger charge is -2.26. The summed E-state index contributed by atoms with van der Waals surface area (Å²) in [6.45, 7) is 0.541. The number of imidazole rings is 1. The highest BCUT2D eigenvalue weighted by Crippen LogP contribution is 2.38. The van der Waals surface area contributed by atoms with E-state index in [4.69, 9.17) is 0 Å². The quantitative estimate of drug-likeness (QED) is 0.784. The molecule has 3 nitrogen and oxygen atoms in total. The minimum Gasteiger partial charge on any atom is -0.323 e. The number of carbonyl (C=O) groups excluding carboxylic acids is 1. The number of fused-ring (bicyclic) bond motifs is 1. The van der Waals surface area contributed by atoms with Gasteiger partial charge in [0.05, 0.1) is 12.2 Å². The van der Waals surface area contributed by atoms with E-state index >= 15 is 0 Å². The van der Waals surface area contributed by atoms with Crippen LogP contribution < -0.4 is 0 Å². The van der Waals surface area contributed by atoms with Crippen molar-refractivity contribution >= 4 is 21.7 Å². The first-order valence-corrected chi connectivity index (χ1v) is 6.31. The van der Waals surface area contributed by atoms with Gasteiger partial charge in [-0.3, -0.25) is 4.79 Å². The average Bonchev–Trinajstić information content (AvgIpc) is 2.41. The topological polar surface area (TPSA) is 34.9 Å². The van der Waals surface area contributed by atoms with Gasteiger partial charge in [-0.2, -0.15) is 0 Å². The molecule has 1 aliphatic carbocycles. The van der Waals surface area contributed by atoms with E-state index < -0.39 is 0 Å². The van der Waals surface area contributed by atoms with E-state index in [1.54, 1.807) is 0 Å². The maximum Gasteiger partial charge on any atom is 0.152 e. The Balaban J connectivity index is 2.04. The second-order valence-electron chi connectivity index (χ2n) is 4.46. The maximum atomic E-state index is 11.5. The van der Waals surface area contributed by atoms with Crippen LogP contribution in [0.15, 0.2) is 4.60 Å². The van der Waals surface area contributed by atoms with Gasteiger partial charge in [0.15, 0.2) is 5.78 Å². The summed E-state index contributed by atoms with van der Waals surface area (Å²) in [6.07, 6.45) is 5.29. The summed E-state index contributed by atoms with van der Waals surface area (Å²) >= 11 is 3.50. The molecule has 1 aromatic heterocycles. The van der Waals surface area contributed by atoms with Gasteiger partial charge in [0.1, 0.15) is 10.4 Å². The van der Waals surface area contributed by atoms with Gasteiger partial charge in [-0.05, 0) is 35.2 Å². The first kappa shape index (κ1) is 9.58. The van der Waals surface area contributed by atoms with E-state index in [2.05, 4.69) is 25.5 Å². The Bertz CT molecular complexity index is 420. The second-order valence-corrected chi connectivity index (χ2v) is 5.21. The third-order valence-electron chi connectivity index (χ3n) is 3.50. The molecule has 1 saturated carbocycles. The van der Waals surface area contributed by atoms with Crippen LogP contribution in [0.5, 0.6) is 0 Å². The Labute approximate surface area is 97.0 Å². The molecule has 1 aliphatic heterocycles. The molecule has 0 amide bonds. The molecule has 0 aromatic carbocycles. The highest BCUT2D eigenvalue weighted by atomic mass is 79.9. The summed E-state index contributed by atoms with van der Waals surface area (Å²) in [5.74, 6) is 2.07. The van der Waals surface area contributed by atoms with Crippen molar-refractivity contribution in [3.05, 3.63) is 16.1 Å². The third-order valence-corrected chi connectivity index (χ3v) is 4.13. The number of ketones is 1. The Morgan fingerprint density at radius 3 is 2.80 bits per heavy atom. The van der Waals surface area contributed by atoms with E-state index in [0.717, 1.165) is 16.8 Å². The average molecular weight is 269 g/mol. The normalized spacial score (nSPS) is 21.3. The van der Waals surface area contributed by atoms with Crippen molar-refractivity contribution in [2.45, 2.75) is 44.6 Å². The van der Waals surface area contributed by atoms with Crippen LogP contribution in [0.1, 0.15) is 43.1 Å². The first-order valence-electron chi connectivity index (χ1n) is 5.52. The standard InChI is InChI=1S/C11H13BrN2O/c12-10-9-5-4-8(15)6-14(9)11(13-10)7-2-1-3-7/h7H,1-6H2. The first-order chi connectivity index (χ1) is 7.25. The van der Waals surface area contributed by atoms with Crippen molar-refractivity contribution in [3.8, 4) is 0 Å². The summed E-state index contributed by atoms with van der Waals surface area (Å²) < 4.78 is 3.09. The number of aromatic nitrogens is 2. The van der Waals surface area contributed by atoms with Gasteiger partial charge in [0.2, 0.25) is 0 Å². The summed E-state index contributed by atoms with van der Waals surface area (Å²) in [4.78, 5) is 16.0. The molecule has 0 bridgehead atoms. The summed E-state index contributed by atoms with van der Waals surface area (Å²) in [7, 11) is 0. The fourth-order valence-electron chi connectivity index (χ4n) is 2.38. The van der Waals surface area contributed by atoms with E-state index in [9.17, 15) is 4.79 Å². The minimum absolute atomic E-state index is 0.341. The third kappa shape index (κ3) is 1.46. The number of nitrogens with zero attached hydrogens (tertiary/aromatic N) is 2. The molecule has 1 aromatic rings. The molecule has 15 heavy (non-hydrogen) atoms. The Hall–Kier alpha value is -0.640. The van der Waals surface area contributed by atoms with E-state index in [1.807, 2.05) is 0 Å². The van der Waals surface area contributed by atoms with Gasteiger partial charge in [-0.15, -0.1) is 0 Å². The molecule has 3 rings (SSSR count). The Kier molecular flexibility index (Phi) is 2.20. The number of carbonyl (C=O) groups is 1. The van der Waals surface area contributed by atoms with Gasteiger partial charge in [0, 0.05) is 12.3 Å². The van der Waals surface area contributed by atoms with Crippen LogP contribution in [0.2, 0.25) is 0 Å². The molecule has 0 saturated heterocycles. The van der Waals surface area contributed by atoms with Gasteiger partial charge in [0.25, 0.3) is 0 Å². The molecule has 4 heteroatoms. The van der Waals surface area contributed by atoms with Gasteiger partial charge in [-0.1, -0.05) is 6.42 Å². The van der Waals surface area contributed by atoms with Crippen molar-refractivity contribution in [2.24, 2.45) is 0 Å². The number of halogens is 1. The molecule has 1 fully saturated rings. The van der Waals surface area contributed by atoms with Crippen molar-refractivity contribution < 1.29 is 4.79 Å². The van der Waals surface area contributed by atoms with E-state index in [-0.39, 0.29) is 0 Å². The molecule has 80 valence electrons. The second kappa shape index (κ2) is 3.44. The maximum absolute atomic E-state index is 11.5. The zero-order valence-electron chi connectivity index (χ0n) is 8.50. The van der Waals surface area contributed by atoms with Gasteiger partial charge in [-0.25, -0.2) is 4.98 Å². The lowest BCUT2D eigenvalue weighted by Crippen LogP contribution is -2.24. The SMILES string of the molecule is O=C1CCc2c(Br)nc(C3CCC3)n2C1. The van der Waals surface area contributed by atoms with Crippen LogP contribution in [-0.4, -0.2) is 15.3 Å². The molecule has 0 N–H and O–H groups in total. The predicted octanol–water partition coefficient (Wildman–Crippen LogP) is 2.43. The molecular formula is C11H13BrN2O. The molecular weight excluding hydrogens is 256 g/mol. The van der Waals surface area contributed by atoms with Crippen LogP contribution >= 0.6 is 15.9 Å². The molecule has 2 heterocycles. The van der Waals surface area contributed by atoms with E-state index in [1.165, 1.54) is 25.0 Å². The molecule has 2 aliphatic rings. The van der Waals surface area contributed by atoms with Crippen LogP contribution in [0.25, 0.3) is 0 Å². The smallest absolute Gasteiger partial charge is 0.152 e. The number of Topliss-reactive ketones (excluding diaryl/α,β-unsaturated/α-hetero) is 1. The van der Waals surface area contributed by atoms with Crippen LogP contribution in [-0.2, 0) is 17.8 Å². The predicted molar refractivity (Wildman–Crippen MR) is 59.8 cm³/mol. The van der Waals surface area contributed by atoms with Crippen molar-refractivity contribution in [2.75, 3.05) is 0 Å². The fourth-order valence-corrected chi connectivity index (χ4v) is 2.97. The Morgan fingerprint density at radius 2 is 2.13 bits per heavy atom. The largest absolute Gasteiger partial charge is 0.323 e.